The molecule has 0 heterocycles. The Labute approximate surface area is 92.5 Å². The summed E-state index contributed by atoms with van der Waals surface area (Å²) in [7, 11) is 0. The second kappa shape index (κ2) is 5.69. The molecule has 1 aromatic rings. The van der Waals surface area contributed by atoms with Gasteiger partial charge in [0.15, 0.2) is 0 Å². The molecule has 1 heteroatoms. The monoisotopic (exact) mass is 204 g/mol. The van der Waals surface area contributed by atoms with Gasteiger partial charge >= 0.3 is 0 Å². The molecule has 1 atom stereocenters. The van der Waals surface area contributed by atoms with E-state index in [9.17, 15) is 4.79 Å². The number of ketones is 1. The van der Waals surface area contributed by atoms with Crippen LogP contribution >= 0.6 is 0 Å². The van der Waals surface area contributed by atoms with Gasteiger partial charge in [-0.15, -0.1) is 0 Å². The van der Waals surface area contributed by atoms with Gasteiger partial charge in [-0.1, -0.05) is 44.5 Å². The van der Waals surface area contributed by atoms with Crippen molar-refractivity contribution in [3.63, 3.8) is 0 Å². The topological polar surface area (TPSA) is 17.1 Å². The van der Waals surface area contributed by atoms with Crippen LogP contribution in [0.15, 0.2) is 24.3 Å². The van der Waals surface area contributed by atoms with Crippen LogP contribution < -0.4 is 0 Å². The summed E-state index contributed by atoms with van der Waals surface area (Å²) in [4.78, 5) is 11.0. The van der Waals surface area contributed by atoms with Crippen LogP contribution in [0.4, 0.5) is 0 Å². The summed E-state index contributed by atoms with van der Waals surface area (Å²) in [5.41, 5.74) is 2.67. The molecule has 0 aliphatic rings. The highest BCUT2D eigenvalue weighted by molar-refractivity contribution is 5.76. The molecular formula is C14H20O. The maximum Gasteiger partial charge on any atom is 0.130 e. The summed E-state index contributed by atoms with van der Waals surface area (Å²) in [6, 6.07) is 8.61. The first-order valence-corrected chi connectivity index (χ1v) is 5.71. The van der Waals surface area contributed by atoms with E-state index in [4.69, 9.17) is 0 Å². The molecule has 0 amide bonds. The highest BCUT2D eigenvalue weighted by Gasteiger charge is 2.08. The number of hydrogen-bond acceptors (Lipinski definition) is 1. The lowest BCUT2D eigenvalue weighted by atomic mass is 9.94. The van der Waals surface area contributed by atoms with Crippen molar-refractivity contribution in [1.29, 1.82) is 0 Å². The van der Waals surface area contributed by atoms with Crippen LogP contribution in [0, 0.1) is 0 Å². The third-order valence-electron chi connectivity index (χ3n) is 2.65. The van der Waals surface area contributed by atoms with E-state index in [1.807, 2.05) is 0 Å². The molecule has 0 radical (unpaired) electrons. The molecule has 0 saturated heterocycles. The van der Waals surface area contributed by atoms with Crippen molar-refractivity contribution in [3.05, 3.63) is 35.4 Å². The van der Waals surface area contributed by atoms with Gasteiger partial charge in [-0.25, -0.2) is 0 Å². The van der Waals surface area contributed by atoms with Gasteiger partial charge in [0.1, 0.15) is 5.78 Å². The minimum atomic E-state index is 0.267. The quantitative estimate of drug-likeness (QED) is 0.714. The number of hydrogen-bond donors (Lipinski definition) is 0. The first-order chi connectivity index (χ1) is 7.13. The fourth-order valence-electron chi connectivity index (χ4n) is 1.89. The van der Waals surface area contributed by atoms with E-state index in [0.717, 1.165) is 6.42 Å². The van der Waals surface area contributed by atoms with E-state index in [1.165, 1.54) is 17.5 Å². The summed E-state index contributed by atoms with van der Waals surface area (Å²) in [5.74, 6) is 0.614. The summed E-state index contributed by atoms with van der Waals surface area (Å²) in [5, 5.41) is 0. The van der Waals surface area contributed by atoms with E-state index >= 15 is 0 Å². The lowest BCUT2D eigenvalue weighted by Crippen LogP contribution is -2.00. The molecule has 1 aromatic carbocycles. The van der Waals surface area contributed by atoms with E-state index in [0.29, 0.717) is 12.3 Å². The molecule has 0 aromatic heterocycles. The normalized spacial score (nSPS) is 12.5. The number of carbonyl (C=O) groups is 1. The zero-order valence-electron chi connectivity index (χ0n) is 9.92. The van der Waals surface area contributed by atoms with Gasteiger partial charge in [0, 0.05) is 6.42 Å². The van der Waals surface area contributed by atoms with Gasteiger partial charge in [-0.2, -0.15) is 0 Å². The number of rotatable bonds is 5. The van der Waals surface area contributed by atoms with Crippen LogP contribution in [0.1, 0.15) is 50.7 Å². The Bertz CT molecular complexity index is 328. The van der Waals surface area contributed by atoms with E-state index in [2.05, 4.69) is 38.1 Å². The summed E-state index contributed by atoms with van der Waals surface area (Å²) in [6.45, 7) is 5.96. The second-order valence-electron chi connectivity index (χ2n) is 4.30. The SMILES string of the molecule is CCCc1cccc(C(C)CC(C)=O)c1. The Balaban J connectivity index is 2.75. The maximum absolute atomic E-state index is 11.0. The Kier molecular flexibility index (Phi) is 4.54. The highest BCUT2D eigenvalue weighted by atomic mass is 16.1. The van der Waals surface area contributed by atoms with Crippen LogP contribution in [0.5, 0.6) is 0 Å². The van der Waals surface area contributed by atoms with Crippen molar-refractivity contribution in [2.45, 2.75) is 46.0 Å². The van der Waals surface area contributed by atoms with Crippen LogP contribution in [-0.2, 0) is 11.2 Å². The molecule has 0 spiro atoms. The Morgan fingerprint density at radius 2 is 2.13 bits per heavy atom. The van der Waals surface area contributed by atoms with E-state index < -0.39 is 0 Å². The van der Waals surface area contributed by atoms with Crippen LogP contribution in [0.3, 0.4) is 0 Å². The summed E-state index contributed by atoms with van der Waals surface area (Å²) < 4.78 is 0. The van der Waals surface area contributed by atoms with Gasteiger partial charge in [0.25, 0.3) is 0 Å². The molecule has 0 saturated carbocycles. The van der Waals surface area contributed by atoms with E-state index in [-0.39, 0.29) is 5.78 Å². The molecule has 15 heavy (non-hydrogen) atoms. The predicted molar refractivity (Wildman–Crippen MR) is 64.2 cm³/mol. The first-order valence-electron chi connectivity index (χ1n) is 5.71. The van der Waals surface area contributed by atoms with Crippen molar-refractivity contribution in [2.24, 2.45) is 0 Å². The fraction of sp³-hybridized carbons (Fsp3) is 0.500. The molecule has 0 bridgehead atoms. The van der Waals surface area contributed by atoms with Crippen LogP contribution in [0.25, 0.3) is 0 Å². The Morgan fingerprint density at radius 3 is 2.73 bits per heavy atom. The number of carbonyl (C=O) groups excluding carboxylic acids is 1. The van der Waals surface area contributed by atoms with E-state index in [1.54, 1.807) is 6.92 Å². The first kappa shape index (κ1) is 12.0. The molecule has 0 fully saturated rings. The Morgan fingerprint density at radius 1 is 1.40 bits per heavy atom. The smallest absolute Gasteiger partial charge is 0.130 e. The zero-order valence-corrected chi connectivity index (χ0v) is 9.92. The average molecular weight is 204 g/mol. The zero-order chi connectivity index (χ0) is 11.3. The van der Waals surface area contributed by atoms with Gasteiger partial charge < -0.3 is 4.79 Å². The Hall–Kier alpha value is -1.11. The minimum Gasteiger partial charge on any atom is -0.300 e. The highest BCUT2D eigenvalue weighted by Crippen LogP contribution is 2.20. The van der Waals surface area contributed by atoms with Crippen molar-refractivity contribution < 1.29 is 4.79 Å². The molecule has 82 valence electrons. The largest absolute Gasteiger partial charge is 0.300 e. The second-order valence-corrected chi connectivity index (χ2v) is 4.30. The maximum atomic E-state index is 11.0. The van der Waals surface area contributed by atoms with Crippen molar-refractivity contribution >= 4 is 5.78 Å². The van der Waals surface area contributed by atoms with Crippen LogP contribution in [-0.4, -0.2) is 5.78 Å². The fourth-order valence-corrected chi connectivity index (χ4v) is 1.89. The molecule has 1 nitrogen and oxygen atoms in total. The molecule has 0 aliphatic carbocycles. The van der Waals surface area contributed by atoms with Gasteiger partial charge in [-0.3, -0.25) is 0 Å². The molecule has 0 aliphatic heterocycles. The molecular weight excluding hydrogens is 184 g/mol. The lowest BCUT2D eigenvalue weighted by Gasteiger charge is -2.11. The lowest BCUT2D eigenvalue weighted by molar-refractivity contribution is -0.117. The van der Waals surface area contributed by atoms with Crippen molar-refractivity contribution in [3.8, 4) is 0 Å². The number of Topliss-reactive ketones (excluding diaryl/α,β-unsaturated/α-hetero) is 1. The predicted octanol–water partition coefficient (Wildman–Crippen LogP) is 3.72. The van der Waals surface area contributed by atoms with Crippen molar-refractivity contribution in [1.82, 2.24) is 0 Å². The molecule has 0 N–H and O–H groups in total. The number of benzene rings is 1. The van der Waals surface area contributed by atoms with Crippen molar-refractivity contribution in [2.75, 3.05) is 0 Å². The number of aryl methyl sites for hydroxylation is 1. The third kappa shape index (κ3) is 3.86. The minimum absolute atomic E-state index is 0.267. The summed E-state index contributed by atoms with van der Waals surface area (Å²) in [6.07, 6.45) is 2.95. The summed E-state index contributed by atoms with van der Waals surface area (Å²) >= 11 is 0. The average Bonchev–Trinajstić information content (AvgIpc) is 2.17. The standard InChI is InChI=1S/C14H20O/c1-4-6-13-7-5-8-14(10-13)11(2)9-12(3)15/h5,7-8,10-11H,4,6,9H2,1-3H3. The third-order valence-corrected chi connectivity index (χ3v) is 2.65. The van der Waals surface area contributed by atoms with Crippen LogP contribution in [0.2, 0.25) is 0 Å². The molecule has 1 rings (SSSR count). The van der Waals surface area contributed by atoms with Gasteiger partial charge in [0.2, 0.25) is 0 Å². The van der Waals surface area contributed by atoms with Gasteiger partial charge in [-0.05, 0) is 30.4 Å². The molecule has 1 unspecified atom stereocenters. The van der Waals surface area contributed by atoms with Gasteiger partial charge in [0.05, 0.1) is 0 Å².